The van der Waals surface area contributed by atoms with Gasteiger partial charge in [-0.3, -0.25) is 14.7 Å². The molecule has 30 heavy (non-hydrogen) atoms. The van der Waals surface area contributed by atoms with Crippen LogP contribution in [0.25, 0.3) is 10.2 Å². The average molecular weight is 421 g/mol. The molecule has 0 saturated heterocycles. The van der Waals surface area contributed by atoms with Crippen molar-refractivity contribution < 1.29 is 18.7 Å². The molecule has 0 aliphatic carbocycles. The molecule has 0 radical (unpaired) electrons. The first-order valence-electron chi connectivity index (χ1n) is 9.33. The molecule has 2 aromatic carbocycles. The highest BCUT2D eigenvalue weighted by molar-refractivity contribution is 7.22. The third-order valence-electron chi connectivity index (χ3n) is 4.70. The molecule has 150 valence electrons. The standard InChI is InChI=1S/C22H16FN3O3S/c23-15-6-3-9-19-20(15)25-22(30-19)26(12-14-5-4-10-24-11-14)21(27)18-13-28-16-7-1-2-8-17(16)29-18/h1-11,18H,12-13H2/t18-/m0/s1. The number of carbonyl (C=O) groups is 1. The number of hydrogen-bond acceptors (Lipinski definition) is 6. The summed E-state index contributed by atoms with van der Waals surface area (Å²) in [4.78, 5) is 23.5. The Morgan fingerprint density at radius 2 is 2.00 bits per heavy atom. The summed E-state index contributed by atoms with van der Waals surface area (Å²) in [5.41, 5.74) is 1.07. The lowest BCUT2D eigenvalue weighted by Gasteiger charge is -2.29. The van der Waals surface area contributed by atoms with Crippen molar-refractivity contribution in [3.8, 4) is 11.5 Å². The Hall–Kier alpha value is -3.52. The van der Waals surface area contributed by atoms with Crippen molar-refractivity contribution in [3.05, 3.63) is 78.4 Å². The van der Waals surface area contributed by atoms with Gasteiger partial charge in [-0.2, -0.15) is 0 Å². The summed E-state index contributed by atoms with van der Waals surface area (Å²) in [7, 11) is 0. The number of nitrogens with zero attached hydrogens (tertiary/aromatic N) is 3. The van der Waals surface area contributed by atoms with Crippen LogP contribution in [0.4, 0.5) is 9.52 Å². The third-order valence-corrected chi connectivity index (χ3v) is 5.75. The van der Waals surface area contributed by atoms with E-state index >= 15 is 0 Å². The Balaban J connectivity index is 1.50. The van der Waals surface area contributed by atoms with Crippen LogP contribution in [0.2, 0.25) is 0 Å². The Bertz CT molecular complexity index is 1210. The van der Waals surface area contributed by atoms with Gasteiger partial charge in [0, 0.05) is 12.4 Å². The van der Waals surface area contributed by atoms with Gasteiger partial charge in [-0.15, -0.1) is 0 Å². The molecular weight excluding hydrogens is 405 g/mol. The first-order chi connectivity index (χ1) is 14.7. The van der Waals surface area contributed by atoms with E-state index in [-0.39, 0.29) is 24.6 Å². The minimum Gasteiger partial charge on any atom is -0.485 e. The van der Waals surface area contributed by atoms with E-state index in [1.165, 1.54) is 22.3 Å². The molecular formula is C22H16FN3O3S. The van der Waals surface area contributed by atoms with Crippen LogP contribution in [0, 0.1) is 5.82 Å². The van der Waals surface area contributed by atoms with Crippen molar-refractivity contribution in [1.82, 2.24) is 9.97 Å². The van der Waals surface area contributed by atoms with Crippen molar-refractivity contribution in [2.24, 2.45) is 0 Å². The van der Waals surface area contributed by atoms with Crippen LogP contribution >= 0.6 is 11.3 Å². The number of anilines is 1. The Morgan fingerprint density at radius 3 is 2.80 bits per heavy atom. The van der Waals surface area contributed by atoms with Gasteiger partial charge in [-0.25, -0.2) is 9.37 Å². The maximum atomic E-state index is 14.2. The van der Waals surface area contributed by atoms with E-state index in [0.29, 0.717) is 21.3 Å². The number of ether oxygens (including phenoxy) is 2. The summed E-state index contributed by atoms with van der Waals surface area (Å²) < 4.78 is 26.5. The molecule has 0 N–H and O–H groups in total. The number of pyridine rings is 1. The second kappa shape index (κ2) is 7.72. The van der Waals surface area contributed by atoms with Gasteiger partial charge in [-0.1, -0.05) is 35.6 Å². The maximum absolute atomic E-state index is 14.2. The van der Waals surface area contributed by atoms with Crippen molar-refractivity contribution in [2.75, 3.05) is 11.5 Å². The number of carbonyl (C=O) groups excluding carboxylic acids is 1. The number of para-hydroxylation sites is 3. The topological polar surface area (TPSA) is 64.6 Å². The zero-order valence-electron chi connectivity index (χ0n) is 15.7. The molecule has 0 unspecified atom stereocenters. The molecule has 1 aliphatic rings. The minimum atomic E-state index is -0.839. The van der Waals surface area contributed by atoms with Gasteiger partial charge in [0.15, 0.2) is 16.6 Å². The second-order valence-corrected chi connectivity index (χ2v) is 7.74. The fourth-order valence-electron chi connectivity index (χ4n) is 3.25. The lowest BCUT2D eigenvalue weighted by Crippen LogP contribution is -2.46. The summed E-state index contributed by atoms with van der Waals surface area (Å²) in [5, 5.41) is 0.395. The van der Waals surface area contributed by atoms with E-state index in [4.69, 9.17) is 9.47 Å². The number of hydrogen-bond donors (Lipinski definition) is 0. The number of fused-ring (bicyclic) bond motifs is 2. The van der Waals surface area contributed by atoms with E-state index in [1.807, 2.05) is 18.2 Å². The van der Waals surface area contributed by atoms with E-state index in [2.05, 4.69) is 9.97 Å². The monoisotopic (exact) mass is 421 g/mol. The van der Waals surface area contributed by atoms with Crippen LogP contribution in [-0.4, -0.2) is 28.6 Å². The van der Waals surface area contributed by atoms with E-state index in [0.717, 1.165) is 5.56 Å². The van der Waals surface area contributed by atoms with Crippen molar-refractivity contribution in [3.63, 3.8) is 0 Å². The van der Waals surface area contributed by atoms with E-state index in [9.17, 15) is 9.18 Å². The van der Waals surface area contributed by atoms with Crippen LogP contribution in [-0.2, 0) is 11.3 Å². The van der Waals surface area contributed by atoms with Gasteiger partial charge in [0.05, 0.1) is 11.2 Å². The SMILES string of the molecule is O=C([C@@H]1COc2ccccc2O1)N(Cc1cccnc1)c1nc2c(F)cccc2s1. The van der Waals surface area contributed by atoms with Gasteiger partial charge < -0.3 is 9.47 Å². The zero-order chi connectivity index (χ0) is 20.5. The van der Waals surface area contributed by atoms with Gasteiger partial charge >= 0.3 is 0 Å². The number of amides is 1. The Morgan fingerprint density at radius 1 is 1.13 bits per heavy atom. The number of rotatable bonds is 4. The van der Waals surface area contributed by atoms with Crippen molar-refractivity contribution in [1.29, 1.82) is 0 Å². The van der Waals surface area contributed by atoms with E-state index < -0.39 is 11.9 Å². The summed E-state index contributed by atoms with van der Waals surface area (Å²) in [6, 6.07) is 15.6. The van der Waals surface area contributed by atoms with Crippen LogP contribution in [0.15, 0.2) is 67.0 Å². The average Bonchev–Trinajstić information content (AvgIpc) is 3.23. The van der Waals surface area contributed by atoms with Gasteiger partial charge in [0.2, 0.25) is 6.10 Å². The quantitative estimate of drug-likeness (QED) is 0.494. The molecule has 3 heterocycles. The largest absolute Gasteiger partial charge is 0.485 e. The molecule has 5 rings (SSSR count). The molecule has 0 spiro atoms. The molecule has 8 heteroatoms. The lowest BCUT2D eigenvalue weighted by molar-refractivity contribution is -0.127. The summed E-state index contributed by atoms with van der Waals surface area (Å²) in [6.07, 6.45) is 2.51. The minimum absolute atomic E-state index is 0.0820. The van der Waals surface area contributed by atoms with Gasteiger partial charge in [0.25, 0.3) is 5.91 Å². The lowest BCUT2D eigenvalue weighted by atomic mass is 10.2. The van der Waals surface area contributed by atoms with Crippen molar-refractivity contribution in [2.45, 2.75) is 12.6 Å². The Labute approximate surface area is 175 Å². The second-order valence-electron chi connectivity index (χ2n) is 6.73. The van der Waals surface area contributed by atoms with Gasteiger partial charge in [-0.05, 0) is 35.9 Å². The molecule has 4 aromatic rings. The van der Waals surface area contributed by atoms with Crippen LogP contribution in [0.1, 0.15) is 5.56 Å². The number of aromatic nitrogens is 2. The number of halogens is 1. The van der Waals surface area contributed by atoms with Gasteiger partial charge in [0.1, 0.15) is 17.9 Å². The predicted octanol–water partition coefficient (Wildman–Crippen LogP) is 4.20. The molecule has 1 amide bonds. The first-order valence-corrected chi connectivity index (χ1v) is 10.1. The normalized spacial score (nSPS) is 15.2. The summed E-state index contributed by atoms with van der Waals surface area (Å²) >= 11 is 1.25. The predicted molar refractivity (Wildman–Crippen MR) is 111 cm³/mol. The zero-order valence-corrected chi connectivity index (χ0v) is 16.5. The fraction of sp³-hybridized carbons (Fsp3) is 0.136. The molecule has 0 bridgehead atoms. The smallest absolute Gasteiger partial charge is 0.273 e. The van der Waals surface area contributed by atoms with Crippen molar-refractivity contribution >= 4 is 32.6 Å². The molecule has 1 atom stereocenters. The molecule has 0 saturated carbocycles. The number of benzene rings is 2. The molecule has 1 aliphatic heterocycles. The summed E-state index contributed by atoms with van der Waals surface area (Å²) in [6.45, 7) is 0.314. The molecule has 0 fully saturated rings. The third kappa shape index (κ3) is 3.46. The highest BCUT2D eigenvalue weighted by Crippen LogP contribution is 2.34. The molecule has 6 nitrogen and oxygen atoms in total. The highest BCUT2D eigenvalue weighted by atomic mass is 32.1. The highest BCUT2D eigenvalue weighted by Gasteiger charge is 2.33. The van der Waals surface area contributed by atoms with Crippen LogP contribution in [0.3, 0.4) is 0 Å². The first kappa shape index (κ1) is 18.5. The number of thiazole rings is 1. The summed E-state index contributed by atoms with van der Waals surface area (Å²) in [5.74, 6) is 0.379. The van der Waals surface area contributed by atoms with E-state index in [1.54, 1.807) is 42.7 Å². The maximum Gasteiger partial charge on any atom is 0.273 e. The fourth-order valence-corrected chi connectivity index (χ4v) is 4.23. The van der Waals surface area contributed by atoms with Crippen LogP contribution in [0.5, 0.6) is 11.5 Å². The van der Waals surface area contributed by atoms with Crippen LogP contribution < -0.4 is 14.4 Å². The molecule has 2 aromatic heterocycles. The Kier molecular flexibility index (Phi) is 4.76.